The van der Waals surface area contributed by atoms with Crippen molar-refractivity contribution >= 4 is 17.8 Å². The second-order valence-corrected chi connectivity index (χ2v) is 5.10. The van der Waals surface area contributed by atoms with Gasteiger partial charge in [-0.2, -0.15) is 0 Å². The molecule has 0 aliphatic heterocycles. The number of carbonyl (C=O) groups is 3. The van der Waals surface area contributed by atoms with Gasteiger partial charge in [0.1, 0.15) is 11.8 Å². The molecule has 2 rings (SSSR count). The first-order valence-electron chi connectivity index (χ1n) is 7.03. The maximum atomic E-state index is 11.6. The Kier molecular flexibility index (Phi) is 5.35. The fourth-order valence-electron chi connectivity index (χ4n) is 1.93. The minimum absolute atomic E-state index is 0.00133. The molecule has 1 aliphatic rings. The van der Waals surface area contributed by atoms with Gasteiger partial charge in [-0.1, -0.05) is 18.2 Å². The summed E-state index contributed by atoms with van der Waals surface area (Å²) < 4.78 is 5.23. The van der Waals surface area contributed by atoms with Gasteiger partial charge in [0.2, 0.25) is 5.91 Å². The van der Waals surface area contributed by atoms with Crippen LogP contribution in [-0.4, -0.2) is 42.1 Å². The van der Waals surface area contributed by atoms with Crippen LogP contribution in [0.25, 0.3) is 0 Å². The maximum Gasteiger partial charge on any atom is 0.326 e. The van der Waals surface area contributed by atoms with Crippen molar-refractivity contribution in [3.63, 3.8) is 0 Å². The lowest BCUT2D eigenvalue weighted by molar-refractivity contribution is -0.142. The maximum absolute atomic E-state index is 11.6. The van der Waals surface area contributed by atoms with E-state index >= 15 is 0 Å². The predicted molar refractivity (Wildman–Crippen MR) is 77.2 cm³/mol. The Balaban J connectivity index is 1.67. The summed E-state index contributed by atoms with van der Waals surface area (Å²) in [6.45, 7) is -0.476. The third-order valence-electron chi connectivity index (χ3n) is 3.24. The van der Waals surface area contributed by atoms with Crippen LogP contribution in [0.1, 0.15) is 12.8 Å². The molecule has 7 heteroatoms. The van der Waals surface area contributed by atoms with E-state index < -0.39 is 23.8 Å². The molecular weight excluding hydrogens is 288 g/mol. The number of benzene rings is 1. The van der Waals surface area contributed by atoms with Crippen LogP contribution in [0.2, 0.25) is 0 Å². The average molecular weight is 306 g/mol. The zero-order chi connectivity index (χ0) is 15.9. The second-order valence-electron chi connectivity index (χ2n) is 5.10. The van der Waals surface area contributed by atoms with Crippen LogP contribution in [-0.2, 0) is 14.4 Å². The van der Waals surface area contributed by atoms with Gasteiger partial charge in [0.05, 0.1) is 6.54 Å². The molecule has 7 nitrogen and oxygen atoms in total. The molecule has 1 aromatic rings. The van der Waals surface area contributed by atoms with Gasteiger partial charge < -0.3 is 20.5 Å². The number of carboxylic acid groups (broad SMARTS) is 1. The Hall–Kier alpha value is -2.57. The highest BCUT2D eigenvalue weighted by Crippen LogP contribution is 2.32. The summed E-state index contributed by atoms with van der Waals surface area (Å²) in [4.78, 5) is 34.2. The monoisotopic (exact) mass is 306 g/mol. The first-order chi connectivity index (χ1) is 10.6. The fraction of sp³-hybridized carbons (Fsp3) is 0.400. The lowest BCUT2D eigenvalue weighted by Crippen LogP contribution is -2.47. The van der Waals surface area contributed by atoms with Crippen molar-refractivity contribution in [2.24, 2.45) is 5.92 Å². The van der Waals surface area contributed by atoms with E-state index in [-0.39, 0.29) is 19.1 Å². The SMILES string of the molecule is O=C(COc1ccccc1)NCC(=O)NC(C(=O)O)C1CC1. The molecule has 0 saturated heterocycles. The van der Waals surface area contributed by atoms with Gasteiger partial charge in [-0.25, -0.2) is 4.79 Å². The van der Waals surface area contributed by atoms with Crippen molar-refractivity contribution in [3.8, 4) is 5.75 Å². The zero-order valence-electron chi connectivity index (χ0n) is 12.0. The summed E-state index contributed by atoms with van der Waals surface area (Å²) in [7, 11) is 0. The van der Waals surface area contributed by atoms with Crippen molar-refractivity contribution < 1.29 is 24.2 Å². The van der Waals surface area contributed by atoms with Crippen LogP contribution in [0, 0.1) is 5.92 Å². The molecule has 1 saturated carbocycles. The van der Waals surface area contributed by atoms with Crippen molar-refractivity contribution in [2.45, 2.75) is 18.9 Å². The van der Waals surface area contributed by atoms with Gasteiger partial charge in [0.25, 0.3) is 5.91 Å². The van der Waals surface area contributed by atoms with Crippen LogP contribution in [0.4, 0.5) is 0 Å². The number of nitrogens with one attached hydrogen (secondary N) is 2. The molecule has 1 atom stereocenters. The van der Waals surface area contributed by atoms with E-state index in [2.05, 4.69) is 10.6 Å². The molecule has 0 bridgehead atoms. The highest BCUT2D eigenvalue weighted by atomic mass is 16.5. The molecule has 3 N–H and O–H groups in total. The third kappa shape index (κ3) is 5.08. The van der Waals surface area contributed by atoms with Crippen LogP contribution in [0.15, 0.2) is 30.3 Å². The lowest BCUT2D eigenvalue weighted by atomic mass is 10.2. The van der Waals surface area contributed by atoms with E-state index in [4.69, 9.17) is 9.84 Å². The number of para-hydroxylation sites is 1. The highest BCUT2D eigenvalue weighted by molar-refractivity contribution is 5.88. The number of hydrogen-bond acceptors (Lipinski definition) is 4. The number of carboxylic acids is 1. The molecule has 0 heterocycles. The summed E-state index contributed by atoms with van der Waals surface area (Å²) in [5.41, 5.74) is 0. The third-order valence-corrected chi connectivity index (χ3v) is 3.24. The average Bonchev–Trinajstić information content (AvgIpc) is 3.34. The molecular formula is C15H18N2O5. The van der Waals surface area contributed by atoms with Crippen molar-refractivity contribution in [1.82, 2.24) is 10.6 Å². The first-order valence-corrected chi connectivity index (χ1v) is 7.03. The van der Waals surface area contributed by atoms with E-state index in [1.165, 1.54) is 0 Å². The lowest BCUT2D eigenvalue weighted by Gasteiger charge is -2.14. The van der Waals surface area contributed by atoms with E-state index in [0.29, 0.717) is 5.75 Å². The Morgan fingerprint density at radius 3 is 2.45 bits per heavy atom. The topological polar surface area (TPSA) is 105 Å². The summed E-state index contributed by atoms with van der Waals surface area (Å²) >= 11 is 0. The highest BCUT2D eigenvalue weighted by Gasteiger charge is 2.37. The normalized spacial score (nSPS) is 14.7. The Bertz CT molecular complexity index is 542. The molecule has 0 radical (unpaired) electrons. The number of ether oxygens (including phenoxy) is 1. The van der Waals surface area contributed by atoms with Gasteiger partial charge in [-0.15, -0.1) is 0 Å². The van der Waals surface area contributed by atoms with Crippen LogP contribution < -0.4 is 15.4 Å². The van der Waals surface area contributed by atoms with Crippen molar-refractivity contribution in [1.29, 1.82) is 0 Å². The van der Waals surface area contributed by atoms with Gasteiger partial charge in [-0.3, -0.25) is 9.59 Å². The summed E-state index contributed by atoms with van der Waals surface area (Å²) in [5.74, 6) is -1.46. The summed E-state index contributed by atoms with van der Waals surface area (Å²) in [6, 6.07) is 7.95. The Labute approximate surface area is 127 Å². The van der Waals surface area contributed by atoms with Crippen LogP contribution >= 0.6 is 0 Å². The predicted octanol–water partition coefficient (Wildman–Crippen LogP) is 0.161. The number of amides is 2. The van der Waals surface area contributed by atoms with Crippen LogP contribution in [0.5, 0.6) is 5.75 Å². The van der Waals surface area contributed by atoms with E-state index in [1.54, 1.807) is 24.3 Å². The number of aliphatic carboxylic acids is 1. The van der Waals surface area contributed by atoms with E-state index in [9.17, 15) is 14.4 Å². The van der Waals surface area contributed by atoms with Crippen molar-refractivity contribution in [2.75, 3.05) is 13.2 Å². The largest absolute Gasteiger partial charge is 0.484 e. The molecule has 0 aromatic heterocycles. The standard InChI is InChI=1S/C15H18N2O5/c18-12(17-14(15(20)21)10-6-7-10)8-16-13(19)9-22-11-4-2-1-3-5-11/h1-5,10,14H,6-9H2,(H,16,19)(H,17,18)(H,20,21). The quantitative estimate of drug-likeness (QED) is 0.634. The zero-order valence-corrected chi connectivity index (χ0v) is 12.0. The minimum atomic E-state index is -1.05. The molecule has 0 spiro atoms. The minimum Gasteiger partial charge on any atom is -0.484 e. The van der Waals surface area contributed by atoms with E-state index in [0.717, 1.165) is 12.8 Å². The van der Waals surface area contributed by atoms with Crippen molar-refractivity contribution in [3.05, 3.63) is 30.3 Å². The van der Waals surface area contributed by atoms with Gasteiger partial charge in [-0.05, 0) is 30.9 Å². The summed E-state index contributed by atoms with van der Waals surface area (Å²) in [6.07, 6.45) is 1.60. The number of hydrogen-bond donors (Lipinski definition) is 3. The smallest absolute Gasteiger partial charge is 0.326 e. The molecule has 1 fully saturated rings. The number of carbonyl (C=O) groups excluding carboxylic acids is 2. The summed E-state index contributed by atoms with van der Waals surface area (Å²) in [5, 5.41) is 13.8. The molecule has 2 amide bonds. The van der Waals surface area contributed by atoms with Gasteiger partial charge in [0, 0.05) is 0 Å². The second kappa shape index (κ2) is 7.44. The fourth-order valence-corrected chi connectivity index (χ4v) is 1.93. The first kappa shape index (κ1) is 15.8. The Morgan fingerprint density at radius 1 is 1.18 bits per heavy atom. The molecule has 22 heavy (non-hydrogen) atoms. The van der Waals surface area contributed by atoms with E-state index in [1.807, 2.05) is 6.07 Å². The molecule has 1 aliphatic carbocycles. The molecule has 118 valence electrons. The van der Waals surface area contributed by atoms with Gasteiger partial charge >= 0.3 is 5.97 Å². The molecule has 1 aromatic carbocycles. The molecule has 1 unspecified atom stereocenters. The number of rotatable bonds is 8. The Morgan fingerprint density at radius 2 is 1.86 bits per heavy atom. The van der Waals surface area contributed by atoms with Gasteiger partial charge in [0.15, 0.2) is 6.61 Å². The van der Waals surface area contributed by atoms with Crippen LogP contribution in [0.3, 0.4) is 0 Å².